The molecule has 0 bridgehead atoms. The van der Waals surface area contributed by atoms with E-state index in [-0.39, 0.29) is 4.99 Å². The van der Waals surface area contributed by atoms with Crippen molar-refractivity contribution in [3.05, 3.63) is 41.7 Å². The Morgan fingerprint density at radius 3 is 2.82 bits per heavy atom. The van der Waals surface area contributed by atoms with Crippen LogP contribution in [0.5, 0.6) is 0 Å². The highest BCUT2D eigenvalue weighted by Gasteiger charge is 2.07. The van der Waals surface area contributed by atoms with Crippen molar-refractivity contribution in [2.24, 2.45) is 5.73 Å². The summed E-state index contributed by atoms with van der Waals surface area (Å²) < 4.78 is 5.43. The zero-order valence-corrected chi connectivity index (χ0v) is 10.1. The molecular formula is C11H12N4OS. The molecule has 6 heteroatoms. The molecule has 0 unspecified atom stereocenters. The Balaban J connectivity index is 2.11. The standard InChI is InChI=1S/C11H12N4OS/c1-7-2-3-8(16-7)6-15-11-9(10(12)17)13-4-5-14-11/h2-5H,6H2,1H3,(H2,12,17)(H,14,15). The van der Waals surface area contributed by atoms with Crippen molar-refractivity contribution in [3.8, 4) is 0 Å². The summed E-state index contributed by atoms with van der Waals surface area (Å²) >= 11 is 4.90. The van der Waals surface area contributed by atoms with Crippen molar-refractivity contribution in [2.75, 3.05) is 5.32 Å². The van der Waals surface area contributed by atoms with E-state index in [2.05, 4.69) is 15.3 Å². The molecule has 0 aliphatic carbocycles. The molecule has 5 nitrogen and oxygen atoms in total. The minimum Gasteiger partial charge on any atom is -0.465 e. The molecule has 2 rings (SSSR count). The Bertz CT molecular complexity index is 538. The number of aryl methyl sites for hydroxylation is 1. The molecule has 2 aromatic heterocycles. The van der Waals surface area contributed by atoms with Crippen LogP contribution in [0.3, 0.4) is 0 Å². The van der Waals surface area contributed by atoms with Gasteiger partial charge in [0.1, 0.15) is 22.2 Å². The van der Waals surface area contributed by atoms with E-state index in [1.165, 1.54) is 0 Å². The highest BCUT2D eigenvalue weighted by atomic mass is 32.1. The van der Waals surface area contributed by atoms with Crippen molar-refractivity contribution < 1.29 is 4.42 Å². The summed E-state index contributed by atoms with van der Waals surface area (Å²) in [6.07, 6.45) is 3.13. The first kappa shape index (κ1) is 11.5. The van der Waals surface area contributed by atoms with Gasteiger partial charge >= 0.3 is 0 Å². The van der Waals surface area contributed by atoms with Gasteiger partial charge in [0.2, 0.25) is 0 Å². The van der Waals surface area contributed by atoms with Crippen LogP contribution in [-0.4, -0.2) is 15.0 Å². The smallest absolute Gasteiger partial charge is 0.155 e. The molecule has 0 aliphatic rings. The molecule has 0 atom stereocenters. The van der Waals surface area contributed by atoms with Crippen LogP contribution in [0.25, 0.3) is 0 Å². The molecule has 3 N–H and O–H groups in total. The fourth-order valence-corrected chi connectivity index (χ4v) is 1.55. The zero-order chi connectivity index (χ0) is 12.3. The first-order valence-corrected chi connectivity index (χ1v) is 5.47. The molecule has 0 aliphatic heterocycles. The van der Waals surface area contributed by atoms with Gasteiger partial charge in [0, 0.05) is 12.4 Å². The second-order valence-corrected chi connectivity index (χ2v) is 3.92. The Hall–Kier alpha value is -1.95. The molecule has 0 amide bonds. The number of thiocarbonyl (C=S) groups is 1. The van der Waals surface area contributed by atoms with Crippen LogP contribution in [0.1, 0.15) is 17.2 Å². The molecule has 0 saturated heterocycles. The Morgan fingerprint density at radius 1 is 1.41 bits per heavy atom. The first-order valence-electron chi connectivity index (χ1n) is 5.07. The summed E-state index contributed by atoms with van der Waals surface area (Å²) in [7, 11) is 0. The van der Waals surface area contributed by atoms with E-state index in [4.69, 9.17) is 22.4 Å². The summed E-state index contributed by atoms with van der Waals surface area (Å²) in [4.78, 5) is 8.43. The number of anilines is 1. The average molecular weight is 248 g/mol. The predicted octanol–water partition coefficient (Wildman–Crippen LogP) is 1.62. The van der Waals surface area contributed by atoms with E-state index in [1.54, 1.807) is 12.4 Å². The van der Waals surface area contributed by atoms with Gasteiger partial charge in [-0.2, -0.15) is 0 Å². The van der Waals surface area contributed by atoms with Crippen LogP contribution in [0.15, 0.2) is 28.9 Å². The highest BCUT2D eigenvalue weighted by molar-refractivity contribution is 7.80. The number of nitrogens with one attached hydrogen (secondary N) is 1. The lowest BCUT2D eigenvalue weighted by Crippen LogP contribution is -2.16. The fourth-order valence-electron chi connectivity index (χ4n) is 1.40. The number of hydrogen-bond acceptors (Lipinski definition) is 5. The van der Waals surface area contributed by atoms with Crippen LogP contribution in [0.4, 0.5) is 5.82 Å². The lowest BCUT2D eigenvalue weighted by molar-refractivity contribution is 0.490. The summed E-state index contributed by atoms with van der Waals surface area (Å²) in [5.74, 6) is 2.26. The second-order valence-electron chi connectivity index (χ2n) is 3.48. The molecule has 88 valence electrons. The van der Waals surface area contributed by atoms with E-state index in [0.717, 1.165) is 11.5 Å². The predicted molar refractivity (Wildman–Crippen MR) is 68.7 cm³/mol. The van der Waals surface area contributed by atoms with Crippen LogP contribution in [0, 0.1) is 6.92 Å². The zero-order valence-electron chi connectivity index (χ0n) is 9.30. The Labute approximate surface area is 104 Å². The molecule has 0 saturated carbocycles. The maximum absolute atomic E-state index is 5.55. The SMILES string of the molecule is Cc1ccc(CNc2nccnc2C(N)=S)o1. The lowest BCUT2D eigenvalue weighted by Gasteiger charge is -2.07. The largest absolute Gasteiger partial charge is 0.465 e. The summed E-state index contributed by atoms with van der Waals surface area (Å²) in [6, 6.07) is 3.81. The van der Waals surface area contributed by atoms with Gasteiger partial charge in [-0.25, -0.2) is 9.97 Å². The molecule has 0 aromatic carbocycles. The quantitative estimate of drug-likeness (QED) is 0.801. The van der Waals surface area contributed by atoms with Crippen molar-refractivity contribution in [1.29, 1.82) is 0 Å². The van der Waals surface area contributed by atoms with E-state index >= 15 is 0 Å². The molecule has 17 heavy (non-hydrogen) atoms. The molecule has 0 fully saturated rings. The summed E-state index contributed by atoms with van der Waals surface area (Å²) in [6.45, 7) is 2.41. The minimum atomic E-state index is 0.219. The Kier molecular flexibility index (Phi) is 3.34. The van der Waals surface area contributed by atoms with Crippen LogP contribution < -0.4 is 11.1 Å². The van der Waals surface area contributed by atoms with Gasteiger partial charge in [0.05, 0.1) is 6.54 Å². The molecular weight excluding hydrogens is 236 g/mol. The maximum atomic E-state index is 5.55. The molecule has 2 aromatic rings. The van der Waals surface area contributed by atoms with Gasteiger partial charge < -0.3 is 15.5 Å². The van der Waals surface area contributed by atoms with Gasteiger partial charge in [-0.05, 0) is 19.1 Å². The monoisotopic (exact) mass is 248 g/mol. The van der Waals surface area contributed by atoms with Gasteiger partial charge in [0.15, 0.2) is 5.82 Å². The normalized spacial score (nSPS) is 10.2. The van der Waals surface area contributed by atoms with Crippen molar-refractivity contribution in [3.63, 3.8) is 0 Å². The molecule has 2 heterocycles. The van der Waals surface area contributed by atoms with Gasteiger partial charge in [-0.1, -0.05) is 12.2 Å². The van der Waals surface area contributed by atoms with Crippen LogP contribution in [-0.2, 0) is 6.54 Å². The first-order chi connectivity index (χ1) is 8.16. The van der Waals surface area contributed by atoms with Gasteiger partial charge in [0.25, 0.3) is 0 Å². The fraction of sp³-hybridized carbons (Fsp3) is 0.182. The summed E-state index contributed by atoms with van der Waals surface area (Å²) in [5, 5.41) is 3.09. The molecule has 0 radical (unpaired) electrons. The topological polar surface area (TPSA) is 77.0 Å². The van der Waals surface area contributed by atoms with E-state index in [9.17, 15) is 0 Å². The maximum Gasteiger partial charge on any atom is 0.155 e. The highest BCUT2D eigenvalue weighted by Crippen LogP contribution is 2.12. The Morgan fingerprint density at radius 2 is 2.18 bits per heavy atom. The third kappa shape index (κ3) is 2.79. The number of nitrogens with two attached hydrogens (primary N) is 1. The van der Waals surface area contributed by atoms with E-state index in [0.29, 0.717) is 18.1 Å². The third-order valence-electron chi connectivity index (χ3n) is 2.16. The average Bonchev–Trinajstić information content (AvgIpc) is 2.73. The summed E-state index contributed by atoms with van der Waals surface area (Å²) in [5.41, 5.74) is 6.04. The van der Waals surface area contributed by atoms with Crippen LogP contribution >= 0.6 is 12.2 Å². The van der Waals surface area contributed by atoms with Crippen molar-refractivity contribution >= 4 is 23.0 Å². The number of aromatic nitrogens is 2. The number of nitrogens with zero attached hydrogens (tertiary/aromatic N) is 2. The third-order valence-corrected chi connectivity index (χ3v) is 2.35. The minimum absolute atomic E-state index is 0.219. The van der Waals surface area contributed by atoms with Crippen LogP contribution in [0.2, 0.25) is 0 Å². The lowest BCUT2D eigenvalue weighted by atomic mass is 10.3. The van der Waals surface area contributed by atoms with Crippen molar-refractivity contribution in [1.82, 2.24) is 9.97 Å². The van der Waals surface area contributed by atoms with E-state index < -0.39 is 0 Å². The van der Waals surface area contributed by atoms with Gasteiger partial charge in [-0.15, -0.1) is 0 Å². The van der Waals surface area contributed by atoms with E-state index in [1.807, 2.05) is 19.1 Å². The number of hydrogen-bond donors (Lipinski definition) is 2. The number of furan rings is 1. The van der Waals surface area contributed by atoms with Crippen molar-refractivity contribution in [2.45, 2.75) is 13.5 Å². The van der Waals surface area contributed by atoms with Gasteiger partial charge in [-0.3, -0.25) is 0 Å². The molecule has 0 spiro atoms. The number of rotatable bonds is 4. The second kappa shape index (κ2) is 4.92.